The fourth-order valence-corrected chi connectivity index (χ4v) is 2.44. The standard InChI is InChI=1S/C21H27NO2/c1-4-5-6-7-14-24-20-12-9-18(10-13-20)21(23)22-19-11-8-16(2)17(3)15-19/h8-13,15H,4-7,14H2,1-3H3,(H,22,23). The zero-order valence-corrected chi connectivity index (χ0v) is 14.9. The van der Waals surface area contributed by atoms with Crippen LogP contribution < -0.4 is 10.1 Å². The molecule has 0 aliphatic rings. The Bertz CT molecular complexity index is 662. The molecule has 0 aromatic heterocycles. The van der Waals surface area contributed by atoms with Gasteiger partial charge >= 0.3 is 0 Å². The average Bonchev–Trinajstić information content (AvgIpc) is 2.58. The van der Waals surface area contributed by atoms with E-state index in [1.165, 1.54) is 30.4 Å². The number of unbranched alkanes of at least 4 members (excludes halogenated alkanes) is 3. The fraction of sp³-hybridized carbons (Fsp3) is 0.381. The molecule has 0 saturated heterocycles. The number of hydrogen-bond donors (Lipinski definition) is 1. The number of nitrogens with one attached hydrogen (secondary N) is 1. The van der Waals surface area contributed by atoms with E-state index in [9.17, 15) is 4.79 Å². The van der Waals surface area contributed by atoms with Crippen LogP contribution in [0.2, 0.25) is 0 Å². The van der Waals surface area contributed by atoms with Crippen LogP contribution in [0.5, 0.6) is 5.75 Å². The van der Waals surface area contributed by atoms with Gasteiger partial charge in [-0.1, -0.05) is 32.3 Å². The van der Waals surface area contributed by atoms with Crippen LogP contribution in [0.25, 0.3) is 0 Å². The van der Waals surface area contributed by atoms with Crippen LogP contribution in [-0.4, -0.2) is 12.5 Å². The maximum atomic E-state index is 12.3. The van der Waals surface area contributed by atoms with Crippen molar-refractivity contribution in [2.24, 2.45) is 0 Å². The summed E-state index contributed by atoms with van der Waals surface area (Å²) in [7, 11) is 0. The van der Waals surface area contributed by atoms with E-state index in [-0.39, 0.29) is 5.91 Å². The summed E-state index contributed by atoms with van der Waals surface area (Å²) in [6, 6.07) is 13.2. The van der Waals surface area contributed by atoms with Gasteiger partial charge in [-0.25, -0.2) is 0 Å². The highest BCUT2D eigenvalue weighted by Crippen LogP contribution is 2.17. The maximum absolute atomic E-state index is 12.3. The van der Waals surface area contributed by atoms with Crippen molar-refractivity contribution in [3.63, 3.8) is 0 Å². The van der Waals surface area contributed by atoms with Crippen LogP contribution in [0.3, 0.4) is 0 Å². The molecule has 0 radical (unpaired) electrons. The largest absolute Gasteiger partial charge is 0.494 e. The highest BCUT2D eigenvalue weighted by molar-refractivity contribution is 6.04. The van der Waals surface area contributed by atoms with Gasteiger partial charge in [0.1, 0.15) is 5.75 Å². The number of ether oxygens (including phenoxy) is 1. The van der Waals surface area contributed by atoms with Crippen LogP contribution >= 0.6 is 0 Å². The molecule has 0 bridgehead atoms. The Morgan fingerprint density at radius 2 is 1.71 bits per heavy atom. The van der Waals surface area contributed by atoms with Gasteiger partial charge in [0.2, 0.25) is 0 Å². The second-order valence-corrected chi connectivity index (χ2v) is 6.19. The normalized spacial score (nSPS) is 10.5. The molecule has 0 spiro atoms. The quantitative estimate of drug-likeness (QED) is 0.649. The van der Waals surface area contributed by atoms with E-state index < -0.39 is 0 Å². The Balaban J connectivity index is 1.87. The van der Waals surface area contributed by atoms with E-state index in [2.05, 4.69) is 19.2 Å². The van der Waals surface area contributed by atoms with Gasteiger partial charge in [0.25, 0.3) is 5.91 Å². The number of hydrogen-bond acceptors (Lipinski definition) is 2. The maximum Gasteiger partial charge on any atom is 0.255 e. The SMILES string of the molecule is CCCCCCOc1ccc(C(=O)Nc2ccc(C)c(C)c2)cc1. The van der Waals surface area contributed by atoms with Gasteiger partial charge in [-0.2, -0.15) is 0 Å². The lowest BCUT2D eigenvalue weighted by atomic mass is 10.1. The third-order valence-corrected chi connectivity index (χ3v) is 4.15. The summed E-state index contributed by atoms with van der Waals surface area (Å²) in [6.07, 6.45) is 4.75. The molecular weight excluding hydrogens is 298 g/mol. The Labute approximate surface area is 145 Å². The summed E-state index contributed by atoms with van der Waals surface area (Å²) in [5.41, 5.74) is 3.83. The van der Waals surface area contributed by atoms with Crippen molar-refractivity contribution in [1.29, 1.82) is 0 Å². The minimum Gasteiger partial charge on any atom is -0.494 e. The molecule has 2 aromatic carbocycles. The van der Waals surface area contributed by atoms with E-state index >= 15 is 0 Å². The van der Waals surface area contributed by atoms with E-state index in [0.717, 1.165) is 24.5 Å². The molecule has 1 N–H and O–H groups in total. The molecule has 2 rings (SSSR count). The Hall–Kier alpha value is -2.29. The average molecular weight is 325 g/mol. The smallest absolute Gasteiger partial charge is 0.255 e. The van der Waals surface area contributed by atoms with E-state index in [4.69, 9.17) is 4.74 Å². The Morgan fingerprint density at radius 1 is 0.958 bits per heavy atom. The molecule has 3 heteroatoms. The first-order chi connectivity index (χ1) is 11.6. The first-order valence-electron chi connectivity index (χ1n) is 8.71. The van der Waals surface area contributed by atoms with Crippen molar-refractivity contribution in [3.8, 4) is 5.75 Å². The van der Waals surface area contributed by atoms with E-state index in [1.807, 2.05) is 37.3 Å². The van der Waals surface area contributed by atoms with Crippen molar-refractivity contribution >= 4 is 11.6 Å². The number of anilines is 1. The Kier molecular flexibility index (Phi) is 6.86. The molecule has 2 aromatic rings. The van der Waals surface area contributed by atoms with Crippen molar-refractivity contribution in [2.45, 2.75) is 46.5 Å². The molecule has 0 saturated carbocycles. The summed E-state index contributed by atoms with van der Waals surface area (Å²) in [6.45, 7) is 7.02. The third-order valence-electron chi connectivity index (χ3n) is 4.15. The topological polar surface area (TPSA) is 38.3 Å². The minimum atomic E-state index is -0.104. The summed E-state index contributed by atoms with van der Waals surface area (Å²) >= 11 is 0. The summed E-state index contributed by atoms with van der Waals surface area (Å²) in [4.78, 5) is 12.3. The summed E-state index contributed by atoms with van der Waals surface area (Å²) < 4.78 is 5.70. The predicted octanol–water partition coefficient (Wildman–Crippen LogP) is 5.51. The van der Waals surface area contributed by atoms with Crippen LogP contribution in [0.15, 0.2) is 42.5 Å². The second-order valence-electron chi connectivity index (χ2n) is 6.19. The lowest BCUT2D eigenvalue weighted by molar-refractivity contribution is 0.102. The van der Waals surface area contributed by atoms with E-state index in [1.54, 1.807) is 12.1 Å². The number of carbonyl (C=O) groups is 1. The molecule has 128 valence electrons. The molecular formula is C21H27NO2. The highest BCUT2D eigenvalue weighted by atomic mass is 16.5. The molecule has 0 aliphatic carbocycles. The van der Waals surface area contributed by atoms with Crippen molar-refractivity contribution in [3.05, 3.63) is 59.2 Å². The van der Waals surface area contributed by atoms with Crippen LogP contribution in [0, 0.1) is 13.8 Å². The molecule has 0 heterocycles. The minimum absolute atomic E-state index is 0.104. The van der Waals surface area contributed by atoms with Gasteiger partial charge in [-0.15, -0.1) is 0 Å². The Morgan fingerprint density at radius 3 is 2.38 bits per heavy atom. The number of benzene rings is 2. The fourth-order valence-electron chi connectivity index (χ4n) is 2.44. The van der Waals surface area contributed by atoms with E-state index in [0.29, 0.717) is 5.56 Å². The first-order valence-corrected chi connectivity index (χ1v) is 8.71. The van der Waals surface area contributed by atoms with Gasteiger partial charge in [-0.05, 0) is 67.8 Å². The van der Waals surface area contributed by atoms with Gasteiger partial charge in [0, 0.05) is 11.3 Å². The number of amides is 1. The number of carbonyl (C=O) groups excluding carboxylic acids is 1. The molecule has 24 heavy (non-hydrogen) atoms. The second kappa shape index (κ2) is 9.11. The zero-order valence-electron chi connectivity index (χ0n) is 14.9. The van der Waals surface area contributed by atoms with Gasteiger partial charge in [0.15, 0.2) is 0 Å². The summed E-state index contributed by atoms with van der Waals surface area (Å²) in [5.74, 6) is 0.710. The van der Waals surface area contributed by atoms with Crippen LogP contribution in [0.1, 0.15) is 54.1 Å². The lowest BCUT2D eigenvalue weighted by Crippen LogP contribution is -2.12. The molecule has 1 amide bonds. The van der Waals surface area contributed by atoms with Gasteiger partial charge in [0.05, 0.1) is 6.61 Å². The zero-order chi connectivity index (χ0) is 17.4. The molecule has 0 fully saturated rings. The van der Waals surface area contributed by atoms with Crippen molar-refractivity contribution in [2.75, 3.05) is 11.9 Å². The van der Waals surface area contributed by atoms with Crippen molar-refractivity contribution in [1.82, 2.24) is 0 Å². The molecule has 3 nitrogen and oxygen atoms in total. The third kappa shape index (κ3) is 5.41. The predicted molar refractivity (Wildman–Crippen MR) is 99.9 cm³/mol. The van der Waals surface area contributed by atoms with Gasteiger partial charge < -0.3 is 10.1 Å². The number of rotatable bonds is 8. The molecule has 0 aliphatic heterocycles. The van der Waals surface area contributed by atoms with Gasteiger partial charge in [-0.3, -0.25) is 4.79 Å². The number of aryl methyl sites for hydroxylation is 2. The monoisotopic (exact) mass is 325 g/mol. The lowest BCUT2D eigenvalue weighted by Gasteiger charge is -2.09. The first kappa shape index (κ1) is 18.1. The van der Waals surface area contributed by atoms with Crippen LogP contribution in [0.4, 0.5) is 5.69 Å². The highest BCUT2D eigenvalue weighted by Gasteiger charge is 2.07. The van der Waals surface area contributed by atoms with Crippen LogP contribution in [-0.2, 0) is 0 Å². The molecule has 0 unspecified atom stereocenters. The van der Waals surface area contributed by atoms with Crippen molar-refractivity contribution < 1.29 is 9.53 Å². The molecule has 0 atom stereocenters. The summed E-state index contributed by atoms with van der Waals surface area (Å²) in [5, 5.41) is 2.93.